The van der Waals surface area contributed by atoms with E-state index in [0.717, 1.165) is 5.69 Å². The predicted octanol–water partition coefficient (Wildman–Crippen LogP) is 3.69. The van der Waals surface area contributed by atoms with Crippen molar-refractivity contribution in [1.29, 1.82) is 0 Å². The van der Waals surface area contributed by atoms with Crippen molar-refractivity contribution >= 4 is 22.5 Å². The molecule has 0 saturated heterocycles. The van der Waals surface area contributed by atoms with E-state index in [1.807, 2.05) is 0 Å². The quantitative estimate of drug-likeness (QED) is 0.875. The molecule has 1 aliphatic carbocycles. The standard InChI is InChI=1S/C12H16F3N3OS/c1-7-6-20-11(16-7)18-10(19)17-9-4-2-3-8(5-9)12(13,14)15/h6,8-9H,2-5H2,1H3,(H2,16,17,18,19). The molecule has 0 spiro atoms. The van der Waals surface area contributed by atoms with Gasteiger partial charge in [-0.3, -0.25) is 5.32 Å². The van der Waals surface area contributed by atoms with Gasteiger partial charge in [-0.2, -0.15) is 13.2 Å². The number of aryl methyl sites for hydroxylation is 1. The first-order valence-electron chi connectivity index (χ1n) is 6.41. The molecule has 4 nitrogen and oxygen atoms in total. The maximum Gasteiger partial charge on any atom is 0.391 e. The van der Waals surface area contributed by atoms with E-state index in [4.69, 9.17) is 0 Å². The van der Waals surface area contributed by atoms with Crippen molar-refractivity contribution in [3.05, 3.63) is 11.1 Å². The Hall–Kier alpha value is -1.31. The van der Waals surface area contributed by atoms with Crippen LogP contribution in [0.5, 0.6) is 0 Å². The minimum absolute atomic E-state index is 0.0478. The lowest BCUT2D eigenvalue weighted by Gasteiger charge is -2.30. The smallest absolute Gasteiger partial charge is 0.335 e. The average molecular weight is 307 g/mol. The van der Waals surface area contributed by atoms with Crippen LogP contribution in [0.4, 0.5) is 23.1 Å². The molecule has 2 unspecified atom stereocenters. The molecule has 1 aromatic rings. The highest BCUT2D eigenvalue weighted by Gasteiger charge is 2.42. The fourth-order valence-corrected chi connectivity index (χ4v) is 3.03. The zero-order valence-electron chi connectivity index (χ0n) is 11.0. The Balaban J connectivity index is 1.85. The van der Waals surface area contributed by atoms with Gasteiger partial charge in [0.2, 0.25) is 0 Å². The minimum Gasteiger partial charge on any atom is -0.335 e. The first kappa shape index (κ1) is 15.1. The summed E-state index contributed by atoms with van der Waals surface area (Å²) < 4.78 is 38.0. The van der Waals surface area contributed by atoms with Crippen LogP contribution in [-0.2, 0) is 0 Å². The third kappa shape index (κ3) is 4.09. The fraction of sp³-hybridized carbons (Fsp3) is 0.667. The summed E-state index contributed by atoms with van der Waals surface area (Å²) in [5.74, 6) is -1.32. The van der Waals surface area contributed by atoms with E-state index in [-0.39, 0.29) is 12.8 Å². The van der Waals surface area contributed by atoms with Crippen LogP contribution in [0.15, 0.2) is 5.38 Å². The number of amides is 2. The monoisotopic (exact) mass is 307 g/mol. The van der Waals surface area contributed by atoms with Crippen LogP contribution in [0.3, 0.4) is 0 Å². The number of rotatable bonds is 2. The third-order valence-electron chi connectivity index (χ3n) is 3.31. The molecule has 8 heteroatoms. The first-order chi connectivity index (χ1) is 9.34. The van der Waals surface area contributed by atoms with Gasteiger partial charge in [-0.1, -0.05) is 6.42 Å². The van der Waals surface area contributed by atoms with Crippen LogP contribution in [-0.4, -0.2) is 23.2 Å². The van der Waals surface area contributed by atoms with Gasteiger partial charge < -0.3 is 5.32 Å². The number of nitrogens with zero attached hydrogens (tertiary/aromatic N) is 1. The molecular weight excluding hydrogens is 291 g/mol. The molecule has 2 amide bonds. The Morgan fingerprint density at radius 3 is 2.80 bits per heavy atom. The molecule has 0 aromatic carbocycles. The number of halogens is 3. The van der Waals surface area contributed by atoms with Crippen molar-refractivity contribution in [2.24, 2.45) is 5.92 Å². The van der Waals surface area contributed by atoms with Crippen molar-refractivity contribution in [2.45, 2.75) is 44.8 Å². The van der Waals surface area contributed by atoms with Crippen molar-refractivity contribution in [2.75, 3.05) is 5.32 Å². The molecule has 1 saturated carbocycles. The molecular formula is C12H16F3N3OS. The number of carbonyl (C=O) groups is 1. The highest BCUT2D eigenvalue weighted by Crippen LogP contribution is 2.37. The number of nitrogens with one attached hydrogen (secondary N) is 2. The first-order valence-corrected chi connectivity index (χ1v) is 7.29. The third-order valence-corrected chi connectivity index (χ3v) is 4.19. The summed E-state index contributed by atoms with van der Waals surface area (Å²) in [6, 6.07) is -0.927. The Bertz CT molecular complexity index is 475. The second-order valence-corrected chi connectivity index (χ2v) is 5.85. The largest absolute Gasteiger partial charge is 0.391 e. The van der Waals surface area contributed by atoms with Crippen LogP contribution < -0.4 is 10.6 Å². The molecule has 0 aliphatic heterocycles. The number of hydrogen-bond acceptors (Lipinski definition) is 3. The molecule has 2 rings (SSSR count). The van der Waals surface area contributed by atoms with Gasteiger partial charge in [0.1, 0.15) is 0 Å². The van der Waals surface area contributed by atoms with Gasteiger partial charge >= 0.3 is 12.2 Å². The maximum absolute atomic E-state index is 12.7. The van der Waals surface area contributed by atoms with Crippen LogP contribution in [0.1, 0.15) is 31.4 Å². The SMILES string of the molecule is Cc1csc(NC(=O)NC2CCCC(C(F)(F)F)C2)n1. The summed E-state index contributed by atoms with van der Waals surface area (Å²) in [4.78, 5) is 15.8. The van der Waals surface area contributed by atoms with Gasteiger partial charge in [-0.15, -0.1) is 11.3 Å². The minimum atomic E-state index is -4.18. The summed E-state index contributed by atoms with van der Waals surface area (Å²) in [6.45, 7) is 1.80. The molecule has 20 heavy (non-hydrogen) atoms. The van der Waals surface area contributed by atoms with Crippen molar-refractivity contribution in [1.82, 2.24) is 10.3 Å². The number of aromatic nitrogens is 1. The van der Waals surface area contributed by atoms with Gasteiger partial charge in [0.25, 0.3) is 0 Å². The summed E-state index contributed by atoms with van der Waals surface area (Å²) >= 11 is 1.28. The Morgan fingerprint density at radius 2 is 2.20 bits per heavy atom. The molecule has 2 N–H and O–H groups in total. The zero-order valence-corrected chi connectivity index (χ0v) is 11.8. The molecule has 0 bridgehead atoms. The lowest BCUT2D eigenvalue weighted by Crippen LogP contribution is -2.43. The number of carbonyl (C=O) groups excluding carboxylic acids is 1. The summed E-state index contributed by atoms with van der Waals surface area (Å²) in [5.41, 5.74) is 0.792. The van der Waals surface area contributed by atoms with Crippen molar-refractivity contribution in [3.63, 3.8) is 0 Å². The highest BCUT2D eigenvalue weighted by molar-refractivity contribution is 7.13. The molecule has 2 atom stereocenters. The second kappa shape index (κ2) is 5.99. The lowest BCUT2D eigenvalue weighted by molar-refractivity contribution is -0.183. The summed E-state index contributed by atoms with van der Waals surface area (Å²) in [6.07, 6.45) is -3.02. The number of anilines is 1. The zero-order chi connectivity index (χ0) is 14.8. The van der Waals surface area contributed by atoms with Gasteiger partial charge in [0.05, 0.1) is 11.6 Å². The van der Waals surface area contributed by atoms with Crippen LogP contribution >= 0.6 is 11.3 Å². The molecule has 1 aromatic heterocycles. The second-order valence-electron chi connectivity index (χ2n) is 4.99. The molecule has 1 aliphatic rings. The molecule has 1 heterocycles. The summed E-state index contributed by atoms with van der Waals surface area (Å²) in [7, 11) is 0. The molecule has 112 valence electrons. The van der Waals surface area contributed by atoms with Crippen molar-refractivity contribution in [3.8, 4) is 0 Å². The van der Waals surface area contributed by atoms with Gasteiger partial charge in [0.15, 0.2) is 5.13 Å². The Labute approximate surface area is 118 Å². The number of urea groups is 1. The van der Waals surface area contributed by atoms with Gasteiger partial charge in [0, 0.05) is 11.4 Å². The van der Waals surface area contributed by atoms with Gasteiger partial charge in [-0.25, -0.2) is 9.78 Å². The average Bonchev–Trinajstić information content (AvgIpc) is 2.73. The van der Waals surface area contributed by atoms with E-state index in [2.05, 4.69) is 15.6 Å². The number of hydrogen-bond donors (Lipinski definition) is 2. The normalized spacial score (nSPS) is 23.4. The Morgan fingerprint density at radius 1 is 1.45 bits per heavy atom. The van der Waals surface area contributed by atoms with E-state index in [9.17, 15) is 18.0 Å². The van der Waals surface area contributed by atoms with Crippen molar-refractivity contribution < 1.29 is 18.0 Å². The van der Waals surface area contributed by atoms with Crippen LogP contribution in [0, 0.1) is 12.8 Å². The van der Waals surface area contributed by atoms with E-state index in [1.165, 1.54) is 11.3 Å². The molecule has 1 fully saturated rings. The Kier molecular flexibility index (Phi) is 4.52. The van der Waals surface area contributed by atoms with Gasteiger partial charge in [-0.05, 0) is 26.2 Å². The number of alkyl halides is 3. The molecule has 0 radical (unpaired) electrons. The highest BCUT2D eigenvalue weighted by atomic mass is 32.1. The van der Waals surface area contributed by atoms with E-state index < -0.39 is 24.2 Å². The van der Waals surface area contributed by atoms with Crippen LogP contribution in [0.25, 0.3) is 0 Å². The van der Waals surface area contributed by atoms with E-state index >= 15 is 0 Å². The maximum atomic E-state index is 12.7. The predicted molar refractivity (Wildman–Crippen MR) is 70.8 cm³/mol. The summed E-state index contributed by atoms with van der Waals surface area (Å²) in [5, 5.41) is 7.37. The number of thiazole rings is 1. The fourth-order valence-electron chi connectivity index (χ4n) is 2.35. The van der Waals surface area contributed by atoms with E-state index in [1.54, 1.807) is 12.3 Å². The van der Waals surface area contributed by atoms with Crippen LogP contribution in [0.2, 0.25) is 0 Å². The van der Waals surface area contributed by atoms with E-state index in [0.29, 0.717) is 18.0 Å². The topological polar surface area (TPSA) is 54.0 Å². The lowest BCUT2D eigenvalue weighted by atomic mass is 9.85.